The highest BCUT2D eigenvalue weighted by Crippen LogP contribution is 2.41. The number of aryl methyl sites for hydroxylation is 1. The SMILES string of the molecule is Cc1ccc(-c2n[nH]c3c2[C@H](c2ccco2)N(C)C3=O)cc1. The molecule has 1 aliphatic rings. The van der Waals surface area contributed by atoms with Gasteiger partial charge < -0.3 is 9.32 Å². The van der Waals surface area contributed by atoms with Crippen LogP contribution in [0.4, 0.5) is 0 Å². The van der Waals surface area contributed by atoms with E-state index in [1.807, 2.05) is 43.3 Å². The fourth-order valence-corrected chi connectivity index (χ4v) is 2.98. The molecular formula is C17H15N3O2. The summed E-state index contributed by atoms with van der Waals surface area (Å²) in [6.45, 7) is 2.04. The van der Waals surface area contributed by atoms with Crippen LogP contribution in [0.15, 0.2) is 47.1 Å². The molecule has 2 aromatic heterocycles. The van der Waals surface area contributed by atoms with Crippen molar-refractivity contribution in [3.8, 4) is 11.3 Å². The molecule has 4 rings (SSSR count). The normalized spacial score (nSPS) is 17.1. The Bertz CT molecular complexity index is 831. The first kappa shape index (κ1) is 12.9. The Hall–Kier alpha value is -2.82. The summed E-state index contributed by atoms with van der Waals surface area (Å²) in [7, 11) is 1.78. The first-order chi connectivity index (χ1) is 10.7. The largest absolute Gasteiger partial charge is 0.467 e. The third-order valence-corrected chi connectivity index (χ3v) is 4.14. The number of rotatable bonds is 2. The number of nitrogens with zero attached hydrogens (tertiary/aromatic N) is 2. The number of carbonyl (C=O) groups is 1. The summed E-state index contributed by atoms with van der Waals surface area (Å²) in [5.41, 5.74) is 4.40. The van der Waals surface area contributed by atoms with Gasteiger partial charge in [-0.1, -0.05) is 29.8 Å². The van der Waals surface area contributed by atoms with E-state index < -0.39 is 0 Å². The Morgan fingerprint density at radius 1 is 1.23 bits per heavy atom. The molecule has 1 N–H and O–H groups in total. The van der Waals surface area contributed by atoms with Gasteiger partial charge in [0, 0.05) is 18.2 Å². The number of H-pyrrole nitrogens is 1. The average Bonchev–Trinajstić information content (AvgIpc) is 3.21. The molecule has 3 heterocycles. The van der Waals surface area contributed by atoms with Crippen LogP contribution in [0.5, 0.6) is 0 Å². The maximum Gasteiger partial charge on any atom is 0.272 e. The van der Waals surface area contributed by atoms with Gasteiger partial charge in [-0.15, -0.1) is 0 Å². The second-order valence-corrected chi connectivity index (χ2v) is 5.56. The van der Waals surface area contributed by atoms with Crippen LogP contribution in [0.25, 0.3) is 11.3 Å². The molecule has 0 bridgehead atoms. The third-order valence-electron chi connectivity index (χ3n) is 4.14. The lowest BCUT2D eigenvalue weighted by atomic mass is 10.00. The van der Waals surface area contributed by atoms with Crippen molar-refractivity contribution in [1.29, 1.82) is 0 Å². The molecule has 1 aliphatic heterocycles. The van der Waals surface area contributed by atoms with Crippen molar-refractivity contribution in [2.75, 3.05) is 7.05 Å². The van der Waals surface area contributed by atoms with Crippen molar-refractivity contribution in [1.82, 2.24) is 15.1 Å². The zero-order valence-corrected chi connectivity index (χ0v) is 12.3. The Balaban J connectivity index is 1.90. The van der Waals surface area contributed by atoms with Gasteiger partial charge in [0.25, 0.3) is 5.91 Å². The molecule has 0 aliphatic carbocycles. The number of hydrogen-bond donors (Lipinski definition) is 1. The van der Waals surface area contributed by atoms with Crippen molar-refractivity contribution in [2.45, 2.75) is 13.0 Å². The van der Waals surface area contributed by atoms with E-state index in [2.05, 4.69) is 10.2 Å². The van der Waals surface area contributed by atoms with Crippen LogP contribution in [-0.4, -0.2) is 28.1 Å². The van der Waals surface area contributed by atoms with Crippen molar-refractivity contribution in [3.63, 3.8) is 0 Å². The molecule has 110 valence electrons. The standard InChI is InChI=1S/C17H15N3O2/c1-10-5-7-11(8-6-10)14-13-15(19-18-14)17(21)20(2)16(13)12-4-3-9-22-12/h3-9,16H,1-2H3,(H,18,19)/t16-/m0/s1. The molecular weight excluding hydrogens is 278 g/mol. The number of fused-ring (bicyclic) bond motifs is 1. The highest BCUT2D eigenvalue weighted by atomic mass is 16.3. The molecule has 1 aromatic carbocycles. The van der Waals surface area contributed by atoms with Crippen molar-refractivity contribution < 1.29 is 9.21 Å². The number of amides is 1. The fraction of sp³-hybridized carbons (Fsp3) is 0.176. The van der Waals surface area contributed by atoms with Crippen LogP contribution in [0.1, 0.15) is 33.4 Å². The van der Waals surface area contributed by atoms with Crippen LogP contribution in [0.3, 0.4) is 0 Å². The first-order valence-corrected chi connectivity index (χ1v) is 7.12. The fourth-order valence-electron chi connectivity index (χ4n) is 2.98. The van der Waals surface area contributed by atoms with Crippen LogP contribution in [0.2, 0.25) is 0 Å². The van der Waals surface area contributed by atoms with Crippen molar-refractivity contribution >= 4 is 5.91 Å². The van der Waals surface area contributed by atoms with Crippen LogP contribution < -0.4 is 0 Å². The molecule has 0 unspecified atom stereocenters. The molecule has 0 spiro atoms. The minimum Gasteiger partial charge on any atom is -0.467 e. The van der Waals surface area contributed by atoms with Crippen LogP contribution >= 0.6 is 0 Å². The highest BCUT2D eigenvalue weighted by molar-refractivity contribution is 5.99. The van der Waals surface area contributed by atoms with E-state index in [9.17, 15) is 4.79 Å². The predicted octanol–water partition coefficient (Wildman–Crippen LogP) is 3.15. The third kappa shape index (κ3) is 1.72. The topological polar surface area (TPSA) is 62.1 Å². The molecule has 0 fully saturated rings. The Labute approximate surface area is 127 Å². The molecule has 0 radical (unpaired) electrons. The van der Waals surface area contributed by atoms with Gasteiger partial charge in [-0.2, -0.15) is 5.10 Å². The number of carbonyl (C=O) groups excluding carboxylic acids is 1. The van der Waals surface area contributed by atoms with E-state index >= 15 is 0 Å². The van der Waals surface area contributed by atoms with Gasteiger partial charge in [-0.05, 0) is 19.1 Å². The lowest BCUT2D eigenvalue weighted by molar-refractivity contribution is 0.0777. The number of hydrogen-bond acceptors (Lipinski definition) is 3. The second-order valence-electron chi connectivity index (χ2n) is 5.56. The van der Waals surface area contributed by atoms with E-state index in [1.165, 1.54) is 5.56 Å². The summed E-state index contributed by atoms with van der Waals surface area (Å²) in [6.07, 6.45) is 1.62. The summed E-state index contributed by atoms with van der Waals surface area (Å²) in [5, 5.41) is 7.26. The van der Waals surface area contributed by atoms with Crippen molar-refractivity contribution in [3.05, 3.63) is 65.2 Å². The molecule has 0 saturated heterocycles. The number of furan rings is 1. The van der Waals surface area contributed by atoms with Gasteiger partial charge >= 0.3 is 0 Å². The van der Waals surface area contributed by atoms with E-state index in [0.717, 1.165) is 22.6 Å². The van der Waals surface area contributed by atoms with E-state index in [-0.39, 0.29) is 11.9 Å². The van der Waals surface area contributed by atoms with Gasteiger partial charge in [0.15, 0.2) is 0 Å². The maximum absolute atomic E-state index is 12.4. The van der Waals surface area contributed by atoms with Gasteiger partial charge in [-0.25, -0.2) is 0 Å². The predicted molar refractivity (Wildman–Crippen MR) is 81.4 cm³/mol. The average molecular weight is 293 g/mol. The second kappa shape index (κ2) is 4.59. The van der Waals surface area contributed by atoms with Gasteiger partial charge in [-0.3, -0.25) is 9.89 Å². The molecule has 0 saturated carbocycles. The summed E-state index contributed by atoms with van der Waals surface area (Å²) >= 11 is 0. The van der Waals surface area contributed by atoms with E-state index in [4.69, 9.17) is 4.42 Å². The molecule has 5 heteroatoms. The van der Waals surface area contributed by atoms with E-state index in [1.54, 1.807) is 18.2 Å². The smallest absolute Gasteiger partial charge is 0.272 e. The summed E-state index contributed by atoms with van der Waals surface area (Å²) in [5.74, 6) is 0.673. The zero-order chi connectivity index (χ0) is 15.3. The quantitative estimate of drug-likeness (QED) is 0.789. The zero-order valence-electron chi connectivity index (χ0n) is 12.3. The molecule has 22 heavy (non-hydrogen) atoms. The molecule has 5 nitrogen and oxygen atoms in total. The number of aromatic amines is 1. The molecule has 3 aromatic rings. The Morgan fingerprint density at radius 2 is 2.00 bits per heavy atom. The summed E-state index contributed by atoms with van der Waals surface area (Å²) in [6, 6.07) is 11.6. The minimum atomic E-state index is -0.243. The van der Waals surface area contributed by atoms with Crippen molar-refractivity contribution in [2.24, 2.45) is 0 Å². The number of aromatic nitrogens is 2. The summed E-state index contributed by atoms with van der Waals surface area (Å²) in [4.78, 5) is 14.1. The highest BCUT2D eigenvalue weighted by Gasteiger charge is 2.41. The summed E-state index contributed by atoms with van der Waals surface area (Å²) < 4.78 is 5.54. The first-order valence-electron chi connectivity index (χ1n) is 7.12. The lowest BCUT2D eigenvalue weighted by Gasteiger charge is -2.19. The number of nitrogens with one attached hydrogen (secondary N) is 1. The Morgan fingerprint density at radius 3 is 2.68 bits per heavy atom. The van der Waals surface area contributed by atoms with Gasteiger partial charge in [0.1, 0.15) is 17.5 Å². The molecule has 1 atom stereocenters. The maximum atomic E-state index is 12.4. The van der Waals surface area contributed by atoms with E-state index in [0.29, 0.717) is 5.69 Å². The monoisotopic (exact) mass is 293 g/mol. The molecule has 1 amide bonds. The van der Waals surface area contributed by atoms with Crippen LogP contribution in [-0.2, 0) is 0 Å². The van der Waals surface area contributed by atoms with Crippen LogP contribution in [0, 0.1) is 6.92 Å². The lowest BCUT2D eigenvalue weighted by Crippen LogP contribution is -2.24. The Kier molecular flexibility index (Phi) is 2.69. The minimum absolute atomic E-state index is 0.0674. The van der Waals surface area contributed by atoms with Gasteiger partial charge in [0.2, 0.25) is 0 Å². The van der Waals surface area contributed by atoms with Gasteiger partial charge in [0.05, 0.1) is 12.0 Å². The number of benzene rings is 1.